The number of rotatable bonds is 5. The number of hydrogen-bond donors (Lipinski definition) is 0. The highest BCUT2D eigenvalue weighted by Crippen LogP contribution is 2.41. The average Bonchev–Trinajstić information content (AvgIpc) is 2.63. The summed E-state index contributed by atoms with van der Waals surface area (Å²) in [5.41, 5.74) is 0. The first kappa shape index (κ1) is 22.4. The molecule has 29 heavy (non-hydrogen) atoms. The molecule has 0 saturated heterocycles. The first-order valence-electron chi connectivity index (χ1n) is 10.9. The maximum Gasteiger partial charge on any atom is 0.398 e. The van der Waals surface area contributed by atoms with Crippen LogP contribution in [0.15, 0.2) is 12.1 Å². The van der Waals surface area contributed by atoms with Gasteiger partial charge in [0.25, 0.3) is 0 Å². The summed E-state index contributed by atoms with van der Waals surface area (Å²) in [6.45, 7) is 2.30. The molecule has 1 aromatic carbocycles. The minimum absolute atomic E-state index is 0.189. The van der Waals surface area contributed by atoms with E-state index in [1.54, 1.807) is 0 Å². The van der Waals surface area contributed by atoms with Gasteiger partial charge in [0.2, 0.25) is 0 Å². The molecule has 2 atom stereocenters. The van der Waals surface area contributed by atoms with Gasteiger partial charge < -0.3 is 4.74 Å². The third-order valence-corrected chi connectivity index (χ3v) is 6.86. The van der Waals surface area contributed by atoms with Gasteiger partial charge in [-0.3, -0.25) is 0 Å². The molecule has 0 amide bonds. The highest BCUT2D eigenvalue weighted by atomic mass is 19.3. The van der Waals surface area contributed by atoms with E-state index < -0.39 is 35.7 Å². The van der Waals surface area contributed by atoms with Crippen molar-refractivity contribution in [1.82, 2.24) is 0 Å². The molecule has 0 aliphatic heterocycles. The van der Waals surface area contributed by atoms with E-state index in [4.69, 9.17) is 0 Å². The van der Waals surface area contributed by atoms with Crippen molar-refractivity contribution >= 4 is 0 Å². The third-order valence-electron chi connectivity index (χ3n) is 6.86. The summed E-state index contributed by atoms with van der Waals surface area (Å²) in [4.78, 5) is 0. The Morgan fingerprint density at radius 2 is 1.38 bits per heavy atom. The normalized spacial score (nSPS) is 29.2. The van der Waals surface area contributed by atoms with E-state index in [1.807, 2.05) is 0 Å². The molecule has 0 bridgehead atoms. The largest absolute Gasteiger partial charge is 0.432 e. The van der Waals surface area contributed by atoms with E-state index in [2.05, 4.69) is 11.7 Å². The van der Waals surface area contributed by atoms with Crippen LogP contribution in [0.5, 0.6) is 5.75 Å². The summed E-state index contributed by atoms with van der Waals surface area (Å²) in [6.07, 6.45) is 6.55. The molecule has 0 aromatic heterocycles. The van der Waals surface area contributed by atoms with Gasteiger partial charge in [-0.25, -0.2) is 13.2 Å². The van der Waals surface area contributed by atoms with Crippen molar-refractivity contribution in [3.8, 4) is 5.75 Å². The minimum atomic E-state index is -3.55. The Balaban J connectivity index is 1.56. The van der Waals surface area contributed by atoms with E-state index >= 15 is 0 Å². The molecule has 0 spiro atoms. The molecule has 1 nitrogen and oxygen atoms in total. The molecule has 2 fully saturated rings. The lowest BCUT2D eigenvalue weighted by Crippen LogP contribution is -2.29. The zero-order valence-electron chi connectivity index (χ0n) is 17.0. The van der Waals surface area contributed by atoms with Crippen molar-refractivity contribution in [2.75, 3.05) is 0 Å². The molecule has 164 valence electrons. The number of ether oxygens (including phenoxy) is 1. The van der Waals surface area contributed by atoms with Crippen molar-refractivity contribution in [2.45, 2.75) is 83.7 Å². The van der Waals surface area contributed by atoms with E-state index in [0.29, 0.717) is 30.4 Å². The van der Waals surface area contributed by atoms with Gasteiger partial charge in [0.1, 0.15) is 5.75 Å². The lowest BCUT2D eigenvalue weighted by Gasteiger charge is -2.35. The minimum Gasteiger partial charge on any atom is -0.432 e. The molecule has 6 heteroatoms. The summed E-state index contributed by atoms with van der Waals surface area (Å²) in [5.74, 6) is -3.52. The van der Waals surface area contributed by atoms with Crippen LogP contribution < -0.4 is 4.74 Å². The summed E-state index contributed by atoms with van der Waals surface area (Å²) in [6, 6.07) is 0.926. The molecule has 0 radical (unpaired) electrons. The topological polar surface area (TPSA) is 9.23 Å². The van der Waals surface area contributed by atoms with Crippen molar-refractivity contribution in [2.24, 2.45) is 23.7 Å². The number of benzene rings is 1. The number of halogens is 5. The van der Waals surface area contributed by atoms with Gasteiger partial charge in [-0.05, 0) is 49.4 Å². The van der Waals surface area contributed by atoms with Gasteiger partial charge in [0.15, 0.2) is 17.5 Å². The van der Waals surface area contributed by atoms with Crippen molar-refractivity contribution in [3.63, 3.8) is 0 Å². The lowest BCUT2D eigenvalue weighted by molar-refractivity contribution is -0.190. The Hall–Kier alpha value is -1.33. The lowest BCUT2D eigenvalue weighted by atomic mass is 9.71. The van der Waals surface area contributed by atoms with Crippen LogP contribution in [0.25, 0.3) is 0 Å². The van der Waals surface area contributed by atoms with E-state index in [-0.39, 0.29) is 5.92 Å². The molecular formula is C23H31F5O. The fraction of sp³-hybridized carbons (Fsp3) is 0.739. The zero-order valence-corrected chi connectivity index (χ0v) is 17.0. The average molecular weight is 418 g/mol. The van der Waals surface area contributed by atoms with Crippen LogP contribution in [0, 0.1) is 41.1 Å². The first-order valence-corrected chi connectivity index (χ1v) is 10.9. The fourth-order valence-electron chi connectivity index (χ4n) is 5.15. The maximum absolute atomic E-state index is 14.4. The van der Waals surface area contributed by atoms with Gasteiger partial charge >= 0.3 is 6.11 Å². The van der Waals surface area contributed by atoms with Gasteiger partial charge in [-0.15, -0.1) is 0 Å². The van der Waals surface area contributed by atoms with Crippen LogP contribution in [-0.2, 0) is 0 Å². The molecule has 2 aliphatic carbocycles. The van der Waals surface area contributed by atoms with Gasteiger partial charge in [-0.2, -0.15) is 8.78 Å². The predicted octanol–water partition coefficient (Wildman–Crippen LogP) is 7.88. The molecule has 3 rings (SSSR count). The second-order valence-electron chi connectivity index (χ2n) is 9.15. The molecule has 2 unspecified atom stereocenters. The molecule has 1 aromatic rings. The van der Waals surface area contributed by atoms with Crippen LogP contribution >= 0.6 is 0 Å². The van der Waals surface area contributed by atoms with Crippen molar-refractivity contribution in [1.29, 1.82) is 0 Å². The van der Waals surface area contributed by atoms with Crippen LogP contribution in [0.4, 0.5) is 22.0 Å². The molecule has 0 N–H and O–H groups in total. The van der Waals surface area contributed by atoms with Crippen LogP contribution in [0.2, 0.25) is 0 Å². The fourth-order valence-corrected chi connectivity index (χ4v) is 5.15. The highest BCUT2D eigenvalue weighted by Gasteiger charge is 2.37. The summed E-state index contributed by atoms with van der Waals surface area (Å²) in [7, 11) is 0. The SMILES string of the molecule is CC1CCC(C2CCCCC(CC(F)(F)Oc3cc(F)c(F)c(F)c3)CC2)CC1. The zero-order chi connectivity index (χ0) is 21.0. The van der Waals surface area contributed by atoms with E-state index in [9.17, 15) is 22.0 Å². The molecule has 0 heterocycles. The summed E-state index contributed by atoms with van der Waals surface area (Å²) < 4.78 is 73.0. The number of alkyl halides is 2. The Labute approximate surface area is 170 Å². The van der Waals surface area contributed by atoms with Gasteiger partial charge in [0, 0.05) is 12.1 Å². The first-order chi connectivity index (χ1) is 13.7. The summed E-state index contributed by atoms with van der Waals surface area (Å²) >= 11 is 0. The third kappa shape index (κ3) is 6.32. The number of hydrogen-bond acceptors (Lipinski definition) is 1. The highest BCUT2D eigenvalue weighted by molar-refractivity contribution is 5.25. The molecular weight excluding hydrogens is 387 g/mol. The Morgan fingerprint density at radius 1 is 0.828 bits per heavy atom. The predicted molar refractivity (Wildman–Crippen MR) is 102 cm³/mol. The molecule has 2 saturated carbocycles. The van der Waals surface area contributed by atoms with Crippen LogP contribution in [-0.4, -0.2) is 6.11 Å². The smallest absolute Gasteiger partial charge is 0.398 e. The van der Waals surface area contributed by atoms with E-state index in [1.165, 1.54) is 32.1 Å². The second-order valence-corrected chi connectivity index (χ2v) is 9.15. The van der Waals surface area contributed by atoms with Crippen LogP contribution in [0.1, 0.15) is 77.6 Å². The monoisotopic (exact) mass is 418 g/mol. The Bertz CT molecular complexity index is 646. The van der Waals surface area contributed by atoms with Gasteiger partial charge in [0.05, 0.1) is 6.42 Å². The standard InChI is InChI=1S/C23H31F5O/c1-15-6-9-18(10-7-15)17-5-3-2-4-16(8-11-17)14-23(27,28)29-19-12-20(24)22(26)21(25)13-19/h12-13,15-18H,2-11,14H2,1H3. The second kappa shape index (κ2) is 9.65. The van der Waals surface area contributed by atoms with E-state index in [0.717, 1.165) is 31.6 Å². The molecule has 2 aliphatic rings. The Morgan fingerprint density at radius 3 is 2.03 bits per heavy atom. The maximum atomic E-state index is 14.4. The Kier molecular flexibility index (Phi) is 7.44. The quantitative estimate of drug-likeness (QED) is 0.349. The van der Waals surface area contributed by atoms with Crippen molar-refractivity contribution in [3.05, 3.63) is 29.6 Å². The van der Waals surface area contributed by atoms with Crippen molar-refractivity contribution < 1.29 is 26.7 Å². The summed E-state index contributed by atoms with van der Waals surface area (Å²) in [5, 5.41) is 0. The van der Waals surface area contributed by atoms with Crippen LogP contribution in [0.3, 0.4) is 0 Å². The van der Waals surface area contributed by atoms with Gasteiger partial charge in [-0.1, -0.05) is 45.4 Å².